The lowest BCUT2D eigenvalue weighted by molar-refractivity contribution is 0.0753. The Kier molecular flexibility index (Phi) is 9.26. The lowest BCUT2D eigenvalue weighted by Gasteiger charge is -2.52. The van der Waals surface area contributed by atoms with E-state index < -0.39 is 0 Å². The Hall–Kier alpha value is -2.27. The molecular weight excluding hydrogens is 538 g/mol. The van der Waals surface area contributed by atoms with E-state index in [0.29, 0.717) is 5.41 Å². The Morgan fingerprint density at radius 1 is 0.932 bits per heavy atom. The van der Waals surface area contributed by atoms with Gasteiger partial charge in [-0.2, -0.15) is 0 Å². The van der Waals surface area contributed by atoms with E-state index in [9.17, 15) is 0 Å². The fourth-order valence-corrected chi connectivity index (χ4v) is 10.4. The number of allylic oxidation sites excluding steroid dienone is 6. The van der Waals surface area contributed by atoms with E-state index in [4.69, 9.17) is 4.98 Å². The molecular formula is C39H61N5. The van der Waals surface area contributed by atoms with Crippen molar-refractivity contribution in [2.75, 3.05) is 73.6 Å². The van der Waals surface area contributed by atoms with Crippen LogP contribution in [0.15, 0.2) is 47.6 Å². The first-order valence-corrected chi connectivity index (χ1v) is 18.3. The van der Waals surface area contributed by atoms with Gasteiger partial charge >= 0.3 is 0 Å². The summed E-state index contributed by atoms with van der Waals surface area (Å²) < 4.78 is 0. The maximum absolute atomic E-state index is 5.30. The molecule has 242 valence electrons. The second-order valence-corrected chi connectivity index (χ2v) is 15.0. The third kappa shape index (κ3) is 5.43. The van der Waals surface area contributed by atoms with Crippen LogP contribution in [0.1, 0.15) is 87.0 Å². The summed E-state index contributed by atoms with van der Waals surface area (Å²) in [6.07, 6.45) is 18.1. The predicted octanol–water partition coefficient (Wildman–Crippen LogP) is 8.20. The number of fused-ring (bicyclic) bond motifs is 5. The monoisotopic (exact) mass is 599 g/mol. The Balaban J connectivity index is 1.12. The summed E-state index contributed by atoms with van der Waals surface area (Å²) in [5, 5.41) is 0. The van der Waals surface area contributed by atoms with Gasteiger partial charge in [0.15, 0.2) is 5.82 Å². The average Bonchev–Trinajstić information content (AvgIpc) is 3.30. The van der Waals surface area contributed by atoms with Crippen molar-refractivity contribution in [3.8, 4) is 0 Å². The Morgan fingerprint density at radius 2 is 1.66 bits per heavy atom. The van der Waals surface area contributed by atoms with Crippen LogP contribution in [0, 0.1) is 34.5 Å². The molecule has 3 fully saturated rings. The second kappa shape index (κ2) is 12.9. The summed E-state index contributed by atoms with van der Waals surface area (Å²) in [4.78, 5) is 15.5. The van der Waals surface area contributed by atoms with E-state index in [2.05, 4.69) is 105 Å². The molecule has 5 aliphatic rings. The van der Waals surface area contributed by atoms with Crippen LogP contribution in [0.5, 0.6) is 0 Å². The molecule has 6 rings (SSSR count). The van der Waals surface area contributed by atoms with Crippen molar-refractivity contribution in [3.05, 3.63) is 47.6 Å². The van der Waals surface area contributed by atoms with E-state index >= 15 is 0 Å². The number of hydrogen-bond acceptors (Lipinski definition) is 5. The molecule has 5 nitrogen and oxygen atoms in total. The van der Waals surface area contributed by atoms with Crippen LogP contribution < -0.4 is 14.7 Å². The fraction of sp³-hybridized carbons (Fsp3) is 0.718. The van der Waals surface area contributed by atoms with Gasteiger partial charge in [-0.15, -0.1) is 0 Å². The van der Waals surface area contributed by atoms with Gasteiger partial charge in [0.2, 0.25) is 0 Å². The molecule has 44 heavy (non-hydrogen) atoms. The molecule has 2 heterocycles. The smallest absolute Gasteiger partial charge is 0.154 e. The summed E-state index contributed by atoms with van der Waals surface area (Å²) in [7, 11) is 0. The van der Waals surface area contributed by atoms with Crippen molar-refractivity contribution in [3.63, 3.8) is 0 Å². The van der Waals surface area contributed by atoms with E-state index in [-0.39, 0.29) is 5.41 Å². The molecule has 1 saturated heterocycles. The van der Waals surface area contributed by atoms with Gasteiger partial charge in [-0.05, 0) is 121 Å². The highest BCUT2D eigenvalue weighted by Gasteiger charge is 2.57. The van der Waals surface area contributed by atoms with Gasteiger partial charge in [-0.1, -0.05) is 49.3 Å². The van der Waals surface area contributed by atoms with Gasteiger partial charge in [0.05, 0.1) is 5.69 Å². The fourth-order valence-electron chi connectivity index (χ4n) is 10.4. The Bertz CT molecular complexity index is 1250. The first-order valence-electron chi connectivity index (χ1n) is 18.3. The molecule has 1 aliphatic heterocycles. The van der Waals surface area contributed by atoms with E-state index in [1.807, 2.05) is 0 Å². The van der Waals surface area contributed by atoms with Crippen LogP contribution in [0.3, 0.4) is 0 Å². The number of nitrogens with zero attached hydrogens (tertiary/aromatic N) is 5. The zero-order valence-corrected chi connectivity index (χ0v) is 29.1. The first-order chi connectivity index (χ1) is 21.3. The highest BCUT2D eigenvalue weighted by atomic mass is 15.3. The minimum Gasteiger partial charge on any atom is -0.369 e. The van der Waals surface area contributed by atoms with Crippen LogP contribution >= 0.6 is 0 Å². The molecule has 0 radical (unpaired) electrons. The van der Waals surface area contributed by atoms with E-state index in [1.54, 1.807) is 11.1 Å². The van der Waals surface area contributed by atoms with Gasteiger partial charge in [0.25, 0.3) is 0 Å². The maximum atomic E-state index is 5.30. The van der Waals surface area contributed by atoms with Gasteiger partial charge in [0, 0.05) is 57.8 Å². The van der Waals surface area contributed by atoms with Crippen molar-refractivity contribution in [2.45, 2.75) is 87.0 Å². The lowest BCUT2D eigenvalue weighted by atomic mass is 9.52. The number of hydrogen-bond donors (Lipinski definition) is 0. The highest BCUT2D eigenvalue weighted by Crippen LogP contribution is 2.65. The van der Waals surface area contributed by atoms with Gasteiger partial charge in [0.1, 0.15) is 5.82 Å². The third-order valence-corrected chi connectivity index (χ3v) is 13.1. The predicted molar refractivity (Wildman–Crippen MR) is 189 cm³/mol. The van der Waals surface area contributed by atoms with Crippen LogP contribution in [0.25, 0.3) is 0 Å². The number of rotatable bonds is 10. The largest absolute Gasteiger partial charge is 0.369 e. The normalized spacial score (nSPS) is 33.3. The molecule has 1 aromatic rings. The zero-order chi connectivity index (χ0) is 31.1. The lowest BCUT2D eigenvalue weighted by Crippen LogP contribution is -2.48. The standard InChI is InChI=1S/C39H61N5/c1-8-42(9-2)35-17-18-36(43(10-3)11-4)40-37(35)44-26-24-41(25-27-44)23-20-32-29(5)28-34-31-16-15-30-14-12-13-21-38(30,6)33(31)19-22-39(32,34)7/h13-14,17-19,21,29,31-32,34H,8-12,15-16,20,22-28H2,1-7H3/t29?,31-,32+,34+,38+,39-/m1/s1. The minimum atomic E-state index is 0.203. The quantitative estimate of drug-likeness (QED) is 0.253. The van der Waals surface area contributed by atoms with Crippen molar-refractivity contribution in [1.29, 1.82) is 0 Å². The summed E-state index contributed by atoms with van der Waals surface area (Å²) in [5.41, 5.74) is 5.44. The topological polar surface area (TPSA) is 25.9 Å². The second-order valence-electron chi connectivity index (χ2n) is 15.0. The zero-order valence-electron chi connectivity index (χ0n) is 29.1. The molecule has 1 aromatic heterocycles. The molecule has 5 heteroatoms. The summed E-state index contributed by atoms with van der Waals surface area (Å²) >= 11 is 0. The SMILES string of the molecule is CCN(CC)c1ccc(N(CC)CC)c(N2CCN(CC[C@H]3C(C)C[C@H]4[C@@H]5CCC6=CCC=C[C@]6(C)C5=CC[C@]34C)CC2)n1. The Labute approximate surface area is 269 Å². The molecule has 2 saturated carbocycles. The number of pyridine rings is 1. The van der Waals surface area contributed by atoms with Crippen LogP contribution in [0.2, 0.25) is 0 Å². The van der Waals surface area contributed by atoms with Crippen molar-refractivity contribution in [2.24, 2.45) is 34.5 Å². The molecule has 6 atom stereocenters. The molecule has 0 aromatic carbocycles. The molecule has 1 unspecified atom stereocenters. The minimum absolute atomic E-state index is 0.203. The van der Waals surface area contributed by atoms with E-state index in [1.165, 1.54) is 50.2 Å². The summed E-state index contributed by atoms with van der Waals surface area (Å²) in [5.74, 6) is 5.61. The highest BCUT2D eigenvalue weighted by molar-refractivity contribution is 5.70. The van der Waals surface area contributed by atoms with Crippen LogP contribution in [-0.2, 0) is 0 Å². The molecule has 0 amide bonds. The average molecular weight is 600 g/mol. The summed E-state index contributed by atoms with van der Waals surface area (Å²) in [6, 6.07) is 4.56. The van der Waals surface area contributed by atoms with Crippen molar-refractivity contribution in [1.82, 2.24) is 9.88 Å². The summed E-state index contributed by atoms with van der Waals surface area (Å²) in [6.45, 7) is 26.5. The molecule has 0 spiro atoms. The van der Waals surface area contributed by atoms with Crippen LogP contribution in [-0.4, -0.2) is 68.8 Å². The first kappa shape index (κ1) is 31.7. The molecule has 0 N–H and O–H groups in total. The van der Waals surface area contributed by atoms with Gasteiger partial charge in [-0.3, -0.25) is 4.90 Å². The number of aromatic nitrogens is 1. The van der Waals surface area contributed by atoms with Crippen molar-refractivity contribution >= 4 is 17.3 Å². The maximum Gasteiger partial charge on any atom is 0.154 e. The van der Waals surface area contributed by atoms with Crippen LogP contribution in [0.4, 0.5) is 17.3 Å². The van der Waals surface area contributed by atoms with Gasteiger partial charge < -0.3 is 14.7 Å². The number of anilines is 3. The van der Waals surface area contributed by atoms with E-state index in [0.717, 1.165) is 88.3 Å². The molecule has 4 aliphatic carbocycles. The third-order valence-electron chi connectivity index (χ3n) is 13.1. The Morgan fingerprint density at radius 3 is 2.36 bits per heavy atom. The number of piperazine rings is 1. The van der Waals surface area contributed by atoms with Crippen molar-refractivity contribution < 1.29 is 0 Å². The molecule has 0 bridgehead atoms. The van der Waals surface area contributed by atoms with Gasteiger partial charge in [-0.25, -0.2) is 4.98 Å².